The van der Waals surface area contributed by atoms with Gasteiger partial charge in [-0.15, -0.1) is 0 Å². The van der Waals surface area contributed by atoms with Crippen molar-refractivity contribution < 1.29 is 4.79 Å². The molecule has 1 saturated heterocycles. The van der Waals surface area contributed by atoms with Crippen molar-refractivity contribution in [2.45, 2.75) is 26.7 Å². The van der Waals surface area contributed by atoms with Gasteiger partial charge in [-0.2, -0.15) is 0 Å². The van der Waals surface area contributed by atoms with E-state index in [1.165, 1.54) is 0 Å². The summed E-state index contributed by atoms with van der Waals surface area (Å²) in [7, 11) is 0. The quantitative estimate of drug-likeness (QED) is 0.635. The number of hydrogen-bond donors (Lipinski definition) is 1. The summed E-state index contributed by atoms with van der Waals surface area (Å²) in [6.45, 7) is 6.17. The predicted molar refractivity (Wildman–Crippen MR) is 48.7 cm³/mol. The van der Waals surface area contributed by atoms with E-state index < -0.39 is 0 Å². The molecule has 0 atom stereocenters. The zero-order valence-electron chi connectivity index (χ0n) is 7.92. The van der Waals surface area contributed by atoms with Gasteiger partial charge in [0, 0.05) is 13.1 Å². The lowest BCUT2D eigenvalue weighted by molar-refractivity contribution is 0.164. The number of nitrogens with two attached hydrogens (primary N) is 1. The Morgan fingerprint density at radius 2 is 1.92 bits per heavy atom. The fourth-order valence-corrected chi connectivity index (χ4v) is 1.79. The molecular weight excluding hydrogens is 152 g/mol. The molecule has 0 saturated carbocycles. The fraction of sp³-hybridized carbons (Fsp3) is 0.889. The van der Waals surface area contributed by atoms with E-state index in [1.54, 1.807) is 4.90 Å². The third-order valence-corrected chi connectivity index (χ3v) is 2.79. The van der Waals surface area contributed by atoms with Crippen molar-refractivity contribution in [3.8, 4) is 0 Å². The minimum absolute atomic E-state index is 0.266. The Morgan fingerprint density at radius 1 is 1.42 bits per heavy atom. The highest BCUT2D eigenvalue weighted by Crippen LogP contribution is 2.23. The summed E-state index contributed by atoms with van der Waals surface area (Å²) in [5.41, 5.74) is 5.18. The molecule has 1 aliphatic rings. The molecule has 0 aromatic carbocycles. The summed E-state index contributed by atoms with van der Waals surface area (Å²) in [4.78, 5) is 12.5. The van der Waals surface area contributed by atoms with Crippen LogP contribution in [0.1, 0.15) is 26.7 Å². The van der Waals surface area contributed by atoms with Gasteiger partial charge >= 0.3 is 6.03 Å². The first kappa shape index (κ1) is 9.36. The zero-order chi connectivity index (χ0) is 9.14. The van der Waals surface area contributed by atoms with Crippen LogP contribution in [-0.4, -0.2) is 24.0 Å². The lowest BCUT2D eigenvalue weighted by Gasteiger charge is -2.32. The van der Waals surface area contributed by atoms with Gasteiger partial charge in [0.15, 0.2) is 0 Å². The maximum Gasteiger partial charge on any atom is 0.314 e. The normalized spacial score (nSPS) is 20.1. The Morgan fingerprint density at radius 3 is 2.25 bits per heavy atom. The lowest BCUT2D eigenvalue weighted by Crippen LogP contribution is -2.42. The van der Waals surface area contributed by atoms with Crippen molar-refractivity contribution in [2.24, 2.45) is 17.6 Å². The Kier molecular flexibility index (Phi) is 2.95. The van der Waals surface area contributed by atoms with E-state index >= 15 is 0 Å². The molecule has 3 heteroatoms. The minimum Gasteiger partial charge on any atom is -0.351 e. The molecule has 1 aliphatic heterocycles. The molecule has 70 valence electrons. The van der Waals surface area contributed by atoms with E-state index in [9.17, 15) is 4.79 Å². The van der Waals surface area contributed by atoms with Crippen LogP contribution in [0.4, 0.5) is 4.79 Å². The van der Waals surface area contributed by atoms with Crippen LogP contribution in [-0.2, 0) is 0 Å². The SMILES string of the molecule is CC(C)C1CCN(C(N)=O)CC1. The largest absolute Gasteiger partial charge is 0.351 e. The molecule has 0 bridgehead atoms. The standard InChI is InChI=1S/C9H18N2O/c1-7(2)8-3-5-11(6-4-8)9(10)12/h7-8H,3-6H2,1-2H3,(H2,10,12). The summed E-state index contributed by atoms with van der Waals surface area (Å²) in [5, 5.41) is 0. The van der Waals surface area contributed by atoms with E-state index in [4.69, 9.17) is 5.73 Å². The van der Waals surface area contributed by atoms with Crippen molar-refractivity contribution in [3.05, 3.63) is 0 Å². The molecule has 0 spiro atoms. The molecule has 0 radical (unpaired) electrons. The van der Waals surface area contributed by atoms with Gasteiger partial charge in [-0.25, -0.2) is 4.79 Å². The monoisotopic (exact) mass is 170 g/mol. The first-order chi connectivity index (χ1) is 5.61. The van der Waals surface area contributed by atoms with Gasteiger partial charge in [-0.05, 0) is 24.7 Å². The molecule has 0 aromatic heterocycles. The van der Waals surface area contributed by atoms with Gasteiger partial charge in [0.05, 0.1) is 0 Å². The molecule has 1 fully saturated rings. The molecule has 2 amide bonds. The second kappa shape index (κ2) is 3.78. The van der Waals surface area contributed by atoms with E-state index in [0.717, 1.165) is 37.8 Å². The number of likely N-dealkylation sites (tertiary alicyclic amines) is 1. The maximum atomic E-state index is 10.8. The highest BCUT2D eigenvalue weighted by atomic mass is 16.2. The molecule has 1 rings (SSSR count). The third-order valence-electron chi connectivity index (χ3n) is 2.79. The van der Waals surface area contributed by atoms with Crippen LogP contribution >= 0.6 is 0 Å². The molecule has 3 nitrogen and oxygen atoms in total. The number of hydrogen-bond acceptors (Lipinski definition) is 1. The average Bonchev–Trinajstić information content (AvgIpc) is 2.04. The number of carbonyl (C=O) groups excluding carboxylic acids is 1. The van der Waals surface area contributed by atoms with Gasteiger partial charge in [0.1, 0.15) is 0 Å². The van der Waals surface area contributed by atoms with Crippen molar-refractivity contribution in [1.82, 2.24) is 4.90 Å². The Labute approximate surface area is 73.9 Å². The zero-order valence-corrected chi connectivity index (χ0v) is 7.92. The van der Waals surface area contributed by atoms with Crippen LogP contribution < -0.4 is 5.73 Å². The van der Waals surface area contributed by atoms with Crippen molar-refractivity contribution in [1.29, 1.82) is 0 Å². The number of rotatable bonds is 1. The average molecular weight is 170 g/mol. The summed E-state index contributed by atoms with van der Waals surface area (Å²) in [6, 6.07) is -0.266. The first-order valence-electron chi connectivity index (χ1n) is 4.65. The van der Waals surface area contributed by atoms with Crippen LogP contribution in [0.25, 0.3) is 0 Å². The molecule has 12 heavy (non-hydrogen) atoms. The lowest BCUT2D eigenvalue weighted by atomic mass is 9.87. The number of nitrogens with zero attached hydrogens (tertiary/aromatic N) is 1. The van der Waals surface area contributed by atoms with E-state index in [-0.39, 0.29) is 6.03 Å². The van der Waals surface area contributed by atoms with Crippen LogP contribution in [0.15, 0.2) is 0 Å². The van der Waals surface area contributed by atoms with Crippen LogP contribution in [0.2, 0.25) is 0 Å². The maximum absolute atomic E-state index is 10.8. The Balaban J connectivity index is 2.34. The Hall–Kier alpha value is -0.730. The number of amides is 2. The second-order valence-electron chi connectivity index (χ2n) is 3.91. The van der Waals surface area contributed by atoms with Crippen molar-refractivity contribution >= 4 is 6.03 Å². The van der Waals surface area contributed by atoms with Gasteiger partial charge in [-0.3, -0.25) is 0 Å². The number of piperidine rings is 1. The van der Waals surface area contributed by atoms with Gasteiger partial charge in [0.25, 0.3) is 0 Å². The summed E-state index contributed by atoms with van der Waals surface area (Å²) >= 11 is 0. The molecule has 1 heterocycles. The first-order valence-corrected chi connectivity index (χ1v) is 4.65. The van der Waals surface area contributed by atoms with Gasteiger partial charge in [-0.1, -0.05) is 13.8 Å². The summed E-state index contributed by atoms with van der Waals surface area (Å²) < 4.78 is 0. The minimum atomic E-state index is -0.266. The summed E-state index contributed by atoms with van der Waals surface area (Å²) in [6.07, 6.45) is 2.22. The van der Waals surface area contributed by atoms with Crippen LogP contribution in [0, 0.1) is 11.8 Å². The Bertz CT molecular complexity index is 160. The van der Waals surface area contributed by atoms with Gasteiger partial charge < -0.3 is 10.6 Å². The molecule has 0 unspecified atom stereocenters. The second-order valence-corrected chi connectivity index (χ2v) is 3.91. The van der Waals surface area contributed by atoms with Crippen molar-refractivity contribution in [2.75, 3.05) is 13.1 Å². The summed E-state index contributed by atoms with van der Waals surface area (Å²) in [5.74, 6) is 1.51. The molecule has 2 N–H and O–H groups in total. The smallest absolute Gasteiger partial charge is 0.314 e. The van der Waals surface area contributed by atoms with E-state index in [1.807, 2.05) is 0 Å². The highest BCUT2D eigenvalue weighted by Gasteiger charge is 2.22. The van der Waals surface area contributed by atoms with Gasteiger partial charge in [0.2, 0.25) is 0 Å². The molecule has 0 aliphatic carbocycles. The highest BCUT2D eigenvalue weighted by molar-refractivity contribution is 5.72. The topological polar surface area (TPSA) is 46.3 Å². The number of primary amides is 1. The molecule has 0 aromatic rings. The van der Waals surface area contributed by atoms with E-state index in [2.05, 4.69) is 13.8 Å². The third kappa shape index (κ3) is 2.13. The van der Waals surface area contributed by atoms with Crippen LogP contribution in [0.5, 0.6) is 0 Å². The molecular formula is C9H18N2O. The van der Waals surface area contributed by atoms with Crippen LogP contribution in [0.3, 0.4) is 0 Å². The number of carbonyl (C=O) groups is 1. The predicted octanol–water partition coefficient (Wildman–Crippen LogP) is 1.43. The van der Waals surface area contributed by atoms with E-state index in [0.29, 0.717) is 0 Å². The fourth-order valence-electron chi connectivity index (χ4n) is 1.79. The number of urea groups is 1. The van der Waals surface area contributed by atoms with Crippen molar-refractivity contribution in [3.63, 3.8) is 0 Å².